The number of nitrogens with one attached hydrogen (secondary N) is 2. The molecular weight excluding hydrogens is 342 g/mol. The molecule has 6 heteroatoms. The summed E-state index contributed by atoms with van der Waals surface area (Å²) >= 11 is 0. The van der Waals surface area contributed by atoms with Gasteiger partial charge in [0.05, 0.1) is 6.04 Å². The van der Waals surface area contributed by atoms with Crippen molar-refractivity contribution in [3.05, 3.63) is 48.5 Å². The number of benzene rings is 2. The molecule has 1 saturated heterocycles. The Bertz CT molecular complexity index is 797. The SMILES string of the molecule is C[C@H](C(=O)Nc1ccc2c(c1)OCCO2)N1CC[C@@H](Nc2ccccc2)C1. The molecule has 2 aliphatic rings. The third-order valence-electron chi connectivity index (χ3n) is 5.10. The monoisotopic (exact) mass is 367 g/mol. The number of amides is 1. The summed E-state index contributed by atoms with van der Waals surface area (Å²) < 4.78 is 11.1. The topological polar surface area (TPSA) is 62.8 Å². The van der Waals surface area contributed by atoms with Crippen LogP contribution >= 0.6 is 0 Å². The first-order valence-corrected chi connectivity index (χ1v) is 9.45. The number of hydrogen-bond acceptors (Lipinski definition) is 5. The molecule has 27 heavy (non-hydrogen) atoms. The first-order valence-electron chi connectivity index (χ1n) is 9.45. The number of carbonyl (C=O) groups is 1. The Kier molecular flexibility index (Phi) is 5.16. The molecule has 142 valence electrons. The molecule has 0 aliphatic carbocycles. The van der Waals surface area contributed by atoms with Crippen LogP contribution in [0.5, 0.6) is 11.5 Å². The fraction of sp³-hybridized carbons (Fsp3) is 0.381. The molecule has 1 amide bonds. The second-order valence-corrected chi connectivity index (χ2v) is 7.01. The molecule has 6 nitrogen and oxygen atoms in total. The molecule has 0 saturated carbocycles. The second kappa shape index (κ2) is 7.88. The first-order chi connectivity index (χ1) is 13.2. The van der Waals surface area contributed by atoms with E-state index in [4.69, 9.17) is 9.47 Å². The van der Waals surface area contributed by atoms with E-state index in [0.717, 1.165) is 36.6 Å². The average Bonchev–Trinajstić information content (AvgIpc) is 3.16. The summed E-state index contributed by atoms with van der Waals surface area (Å²) in [6.45, 7) is 4.80. The largest absolute Gasteiger partial charge is 0.486 e. The van der Waals surface area contributed by atoms with E-state index in [1.807, 2.05) is 43.3 Å². The van der Waals surface area contributed by atoms with Crippen LogP contribution in [0.25, 0.3) is 0 Å². The van der Waals surface area contributed by atoms with Gasteiger partial charge in [-0.2, -0.15) is 0 Å². The van der Waals surface area contributed by atoms with Gasteiger partial charge in [0.15, 0.2) is 11.5 Å². The summed E-state index contributed by atoms with van der Waals surface area (Å²) in [5.74, 6) is 1.40. The minimum Gasteiger partial charge on any atom is -0.486 e. The summed E-state index contributed by atoms with van der Waals surface area (Å²) in [7, 11) is 0. The van der Waals surface area contributed by atoms with E-state index in [1.165, 1.54) is 0 Å². The summed E-state index contributed by atoms with van der Waals surface area (Å²) in [6, 6.07) is 15.9. The van der Waals surface area contributed by atoms with Crippen molar-refractivity contribution < 1.29 is 14.3 Å². The lowest BCUT2D eigenvalue weighted by atomic mass is 10.2. The summed E-state index contributed by atoms with van der Waals surface area (Å²) in [5.41, 5.74) is 1.85. The number of para-hydroxylation sites is 1. The van der Waals surface area contributed by atoms with Gasteiger partial charge in [-0.3, -0.25) is 9.69 Å². The van der Waals surface area contributed by atoms with Crippen LogP contribution < -0.4 is 20.1 Å². The van der Waals surface area contributed by atoms with Crippen molar-refractivity contribution in [2.75, 3.05) is 36.9 Å². The van der Waals surface area contributed by atoms with Crippen molar-refractivity contribution in [3.63, 3.8) is 0 Å². The van der Waals surface area contributed by atoms with E-state index < -0.39 is 0 Å². The molecule has 0 spiro atoms. The van der Waals surface area contributed by atoms with E-state index in [1.54, 1.807) is 0 Å². The molecule has 0 radical (unpaired) electrons. The van der Waals surface area contributed by atoms with Crippen LogP contribution in [-0.4, -0.2) is 49.2 Å². The molecule has 2 N–H and O–H groups in total. The number of anilines is 2. The first kappa shape index (κ1) is 17.7. The Morgan fingerprint density at radius 1 is 1.07 bits per heavy atom. The van der Waals surface area contributed by atoms with Crippen molar-refractivity contribution in [3.8, 4) is 11.5 Å². The van der Waals surface area contributed by atoms with E-state index in [-0.39, 0.29) is 11.9 Å². The third kappa shape index (κ3) is 4.17. The number of ether oxygens (including phenoxy) is 2. The van der Waals surface area contributed by atoms with Gasteiger partial charge >= 0.3 is 0 Å². The molecule has 2 heterocycles. The number of fused-ring (bicyclic) bond motifs is 1. The smallest absolute Gasteiger partial charge is 0.241 e. The van der Waals surface area contributed by atoms with E-state index in [9.17, 15) is 4.79 Å². The molecular formula is C21H25N3O3. The van der Waals surface area contributed by atoms with Crippen molar-refractivity contribution in [1.82, 2.24) is 4.90 Å². The normalized spacial score (nSPS) is 20.1. The van der Waals surface area contributed by atoms with Crippen LogP contribution in [0.15, 0.2) is 48.5 Å². The average molecular weight is 367 g/mol. The molecule has 2 aromatic carbocycles. The summed E-state index contributed by atoms with van der Waals surface area (Å²) in [5, 5.41) is 6.54. The number of nitrogens with zero attached hydrogens (tertiary/aromatic N) is 1. The molecule has 2 aliphatic heterocycles. The Labute approximate surface area is 159 Å². The lowest BCUT2D eigenvalue weighted by molar-refractivity contribution is -0.120. The highest BCUT2D eigenvalue weighted by atomic mass is 16.6. The lowest BCUT2D eigenvalue weighted by Crippen LogP contribution is -2.41. The van der Waals surface area contributed by atoms with E-state index in [0.29, 0.717) is 25.0 Å². The summed E-state index contributed by atoms with van der Waals surface area (Å²) in [6.07, 6.45) is 1.02. The zero-order valence-corrected chi connectivity index (χ0v) is 15.5. The van der Waals surface area contributed by atoms with Gasteiger partial charge in [0.25, 0.3) is 0 Å². The van der Waals surface area contributed by atoms with Gasteiger partial charge in [0.1, 0.15) is 13.2 Å². The van der Waals surface area contributed by atoms with E-state index in [2.05, 4.69) is 27.7 Å². The zero-order chi connectivity index (χ0) is 18.6. The molecule has 0 unspecified atom stereocenters. The van der Waals surface area contributed by atoms with Gasteiger partial charge in [-0.25, -0.2) is 0 Å². The number of hydrogen-bond donors (Lipinski definition) is 2. The van der Waals surface area contributed by atoms with Crippen molar-refractivity contribution in [2.24, 2.45) is 0 Å². The van der Waals surface area contributed by atoms with Gasteiger partial charge in [0, 0.05) is 36.6 Å². The van der Waals surface area contributed by atoms with Crippen LogP contribution in [-0.2, 0) is 4.79 Å². The molecule has 1 fully saturated rings. The van der Waals surface area contributed by atoms with Gasteiger partial charge in [-0.15, -0.1) is 0 Å². The van der Waals surface area contributed by atoms with Gasteiger partial charge in [-0.05, 0) is 37.6 Å². The maximum Gasteiger partial charge on any atom is 0.241 e. The highest BCUT2D eigenvalue weighted by Gasteiger charge is 2.29. The molecule has 0 bridgehead atoms. The molecule has 0 aromatic heterocycles. The second-order valence-electron chi connectivity index (χ2n) is 7.01. The fourth-order valence-corrected chi connectivity index (χ4v) is 3.56. The molecule has 4 rings (SSSR count). The van der Waals surface area contributed by atoms with Gasteiger partial charge in [0.2, 0.25) is 5.91 Å². The highest BCUT2D eigenvalue weighted by Crippen LogP contribution is 2.32. The van der Waals surface area contributed by atoms with Crippen LogP contribution in [0.4, 0.5) is 11.4 Å². The van der Waals surface area contributed by atoms with Crippen LogP contribution in [0.1, 0.15) is 13.3 Å². The van der Waals surface area contributed by atoms with Crippen LogP contribution in [0, 0.1) is 0 Å². The zero-order valence-electron chi connectivity index (χ0n) is 15.5. The number of rotatable bonds is 5. The fourth-order valence-electron chi connectivity index (χ4n) is 3.56. The number of carbonyl (C=O) groups excluding carboxylic acids is 1. The van der Waals surface area contributed by atoms with Crippen molar-refractivity contribution in [2.45, 2.75) is 25.4 Å². The quantitative estimate of drug-likeness (QED) is 0.851. The standard InChI is InChI=1S/C21H25N3O3/c1-15(24-10-9-18(14-24)22-16-5-3-2-4-6-16)21(25)23-17-7-8-19-20(13-17)27-12-11-26-19/h2-8,13,15,18,22H,9-12,14H2,1H3,(H,23,25)/t15-,18-/m1/s1. The summed E-state index contributed by atoms with van der Waals surface area (Å²) in [4.78, 5) is 14.9. The molecule has 2 atom stereocenters. The van der Waals surface area contributed by atoms with Crippen molar-refractivity contribution >= 4 is 17.3 Å². The third-order valence-corrected chi connectivity index (χ3v) is 5.10. The van der Waals surface area contributed by atoms with Crippen LogP contribution in [0.3, 0.4) is 0 Å². The number of likely N-dealkylation sites (tertiary alicyclic amines) is 1. The van der Waals surface area contributed by atoms with Crippen LogP contribution in [0.2, 0.25) is 0 Å². The Hall–Kier alpha value is -2.73. The Balaban J connectivity index is 1.33. The predicted molar refractivity (Wildman–Crippen MR) is 106 cm³/mol. The minimum atomic E-state index is -0.194. The molecule has 2 aromatic rings. The Morgan fingerprint density at radius 3 is 2.67 bits per heavy atom. The van der Waals surface area contributed by atoms with E-state index >= 15 is 0 Å². The maximum atomic E-state index is 12.7. The Morgan fingerprint density at radius 2 is 1.85 bits per heavy atom. The lowest BCUT2D eigenvalue weighted by Gasteiger charge is -2.24. The minimum absolute atomic E-state index is 0.00737. The highest BCUT2D eigenvalue weighted by molar-refractivity contribution is 5.94. The maximum absolute atomic E-state index is 12.7. The van der Waals surface area contributed by atoms with Gasteiger partial charge in [-0.1, -0.05) is 18.2 Å². The predicted octanol–water partition coefficient (Wildman–Crippen LogP) is 2.97. The van der Waals surface area contributed by atoms with Crippen molar-refractivity contribution in [1.29, 1.82) is 0 Å². The van der Waals surface area contributed by atoms with Gasteiger partial charge < -0.3 is 20.1 Å².